The molecule has 31 heavy (non-hydrogen) atoms. The Kier molecular flexibility index (Phi) is 5.88. The maximum atomic E-state index is 13.4. The third-order valence-electron chi connectivity index (χ3n) is 5.08. The molecule has 4 rings (SSSR count). The number of carbonyl (C=O) groups excluding carboxylic acids is 1. The Hall–Kier alpha value is -2.67. The summed E-state index contributed by atoms with van der Waals surface area (Å²) in [4.78, 5) is 31.0. The lowest BCUT2D eigenvalue weighted by atomic mass is 9.93. The minimum Gasteiger partial charge on any atom is -0.497 e. The maximum Gasteiger partial charge on any atom is 0.271 e. The van der Waals surface area contributed by atoms with Gasteiger partial charge in [0, 0.05) is 21.3 Å². The van der Waals surface area contributed by atoms with Crippen LogP contribution in [0.25, 0.3) is 6.08 Å². The van der Waals surface area contributed by atoms with Gasteiger partial charge in [0.25, 0.3) is 5.56 Å². The number of thiazole rings is 1. The molecule has 0 bridgehead atoms. The van der Waals surface area contributed by atoms with E-state index in [1.54, 1.807) is 42.9 Å². The number of benzene rings is 2. The normalized spacial score (nSPS) is 16.2. The quantitative estimate of drug-likeness (QED) is 0.573. The Bertz CT molecular complexity index is 1400. The maximum absolute atomic E-state index is 13.4. The molecule has 158 valence electrons. The van der Waals surface area contributed by atoms with Crippen LogP contribution in [0.2, 0.25) is 10.0 Å². The summed E-state index contributed by atoms with van der Waals surface area (Å²) < 4.78 is 7.29. The summed E-state index contributed by atoms with van der Waals surface area (Å²) in [5.41, 5.74) is 2.35. The first-order valence-corrected chi connectivity index (χ1v) is 11.0. The number of ether oxygens (including phenoxy) is 1. The summed E-state index contributed by atoms with van der Waals surface area (Å²) in [7, 11) is 1.59. The van der Waals surface area contributed by atoms with Gasteiger partial charge < -0.3 is 4.74 Å². The fourth-order valence-corrected chi connectivity index (χ4v) is 5.13. The Morgan fingerprint density at radius 3 is 2.52 bits per heavy atom. The summed E-state index contributed by atoms with van der Waals surface area (Å²) in [6, 6.07) is 11.9. The third kappa shape index (κ3) is 3.99. The van der Waals surface area contributed by atoms with E-state index in [2.05, 4.69) is 4.99 Å². The molecule has 0 N–H and O–H groups in total. The number of fused-ring (bicyclic) bond motifs is 1. The first-order valence-electron chi connectivity index (χ1n) is 9.42. The van der Waals surface area contributed by atoms with E-state index in [1.807, 2.05) is 24.3 Å². The standard InChI is InChI=1S/C23H18Cl2N2O3S/c1-12-20(13(2)28)21(14-5-8-17(30-3)9-6-14)27-22(29)19(31-23(27)26-12)10-15-4-7-16(24)11-18(15)25/h4-11,21H,1-3H3/b19-10+/t21-/m1/s1. The molecule has 2 aromatic carbocycles. The minimum atomic E-state index is -0.567. The van der Waals surface area contributed by atoms with E-state index in [0.29, 0.717) is 42.0 Å². The van der Waals surface area contributed by atoms with Crippen LogP contribution in [0.5, 0.6) is 5.75 Å². The van der Waals surface area contributed by atoms with E-state index in [1.165, 1.54) is 18.3 Å². The summed E-state index contributed by atoms with van der Waals surface area (Å²) >= 11 is 13.5. The molecule has 0 fully saturated rings. The molecule has 0 spiro atoms. The Balaban J connectivity index is 1.96. The molecular formula is C23H18Cl2N2O3S. The van der Waals surface area contributed by atoms with Gasteiger partial charge in [0.15, 0.2) is 10.6 Å². The van der Waals surface area contributed by atoms with Gasteiger partial charge in [-0.1, -0.05) is 52.7 Å². The second kappa shape index (κ2) is 8.46. The molecule has 0 amide bonds. The smallest absolute Gasteiger partial charge is 0.271 e. The highest BCUT2D eigenvalue weighted by Gasteiger charge is 2.30. The van der Waals surface area contributed by atoms with Crippen molar-refractivity contribution in [3.63, 3.8) is 0 Å². The average molecular weight is 473 g/mol. The molecule has 5 nitrogen and oxygen atoms in total. The van der Waals surface area contributed by atoms with Gasteiger partial charge in [-0.05, 0) is 55.3 Å². The lowest BCUT2D eigenvalue weighted by Crippen LogP contribution is -2.39. The van der Waals surface area contributed by atoms with E-state index < -0.39 is 6.04 Å². The van der Waals surface area contributed by atoms with Crippen molar-refractivity contribution < 1.29 is 9.53 Å². The van der Waals surface area contributed by atoms with E-state index >= 15 is 0 Å². The highest BCUT2D eigenvalue weighted by atomic mass is 35.5. The fourth-order valence-electron chi connectivity index (χ4n) is 3.63. The summed E-state index contributed by atoms with van der Waals surface area (Å²) in [6.07, 6.45) is 1.72. The van der Waals surface area contributed by atoms with E-state index in [4.69, 9.17) is 27.9 Å². The molecule has 8 heteroatoms. The molecule has 1 aromatic heterocycles. The van der Waals surface area contributed by atoms with E-state index in [0.717, 1.165) is 5.56 Å². The zero-order valence-corrected chi connectivity index (χ0v) is 19.3. The molecule has 0 saturated carbocycles. The molecule has 1 atom stereocenters. The summed E-state index contributed by atoms with van der Waals surface area (Å²) in [6.45, 7) is 3.29. The van der Waals surface area contributed by atoms with Crippen LogP contribution in [0.1, 0.15) is 31.0 Å². The minimum absolute atomic E-state index is 0.128. The molecule has 3 aromatic rings. The van der Waals surface area contributed by atoms with Crippen molar-refractivity contribution in [1.29, 1.82) is 0 Å². The van der Waals surface area contributed by atoms with Crippen LogP contribution in [0.3, 0.4) is 0 Å². The molecule has 2 heterocycles. The molecule has 0 unspecified atom stereocenters. The largest absolute Gasteiger partial charge is 0.497 e. The number of Topliss-reactive ketones (excluding diaryl/α,β-unsaturated/α-hetero) is 1. The second-order valence-corrected chi connectivity index (χ2v) is 8.93. The van der Waals surface area contributed by atoms with Crippen molar-refractivity contribution in [2.75, 3.05) is 7.11 Å². The van der Waals surface area contributed by atoms with Crippen molar-refractivity contribution in [2.24, 2.45) is 4.99 Å². The van der Waals surface area contributed by atoms with Crippen LogP contribution < -0.4 is 19.6 Å². The number of rotatable bonds is 4. The second-order valence-electron chi connectivity index (χ2n) is 7.08. The molecule has 0 radical (unpaired) electrons. The van der Waals surface area contributed by atoms with Crippen LogP contribution in [0.4, 0.5) is 0 Å². The van der Waals surface area contributed by atoms with Crippen LogP contribution in [-0.4, -0.2) is 17.5 Å². The monoisotopic (exact) mass is 472 g/mol. The summed E-state index contributed by atoms with van der Waals surface area (Å²) in [5.74, 6) is 0.565. The Labute approximate surface area is 192 Å². The molecule has 0 aliphatic carbocycles. The molecule has 1 aliphatic heterocycles. The number of carbonyl (C=O) groups is 1. The first-order chi connectivity index (χ1) is 14.8. The lowest BCUT2D eigenvalue weighted by molar-refractivity contribution is -0.114. The van der Waals surface area contributed by atoms with Crippen LogP contribution in [0, 0.1) is 0 Å². The van der Waals surface area contributed by atoms with Crippen molar-refractivity contribution in [2.45, 2.75) is 19.9 Å². The van der Waals surface area contributed by atoms with Gasteiger partial charge in [0.2, 0.25) is 0 Å². The van der Waals surface area contributed by atoms with Gasteiger partial charge >= 0.3 is 0 Å². The van der Waals surface area contributed by atoms with E-state index in [-0.39, 0.29) is 11.3 Å². The molecule has 1 aliphatic rings. The van der Waals surface area contributed by atoms with Crippen molar-refractivity contribution in [3.8, 4) is 5.75 Å². The van der Waals surface area contributed by atoms with Gasteiger partial charge in [-0.3, -0.25) is 14.2 Å². The number of methoxy groups -OCH3 is 1. The highest BCUT2D eigenvalue weighted by molar-refractivity contribution is 7.07. The summed E-state index contributed by atoms with van der Waals surface area (Å²) in [5, 5.41) is 0.968. The van der Waals surface area contributed by atoms with Gasteiger partial charge in [-0.15, -0.1) is 0 Å². The zero-order valence-electron chi connectivity index (χ0n) is 17.0. The molecular weight excluding hydrogens is 455 g/mol. The van der Waals surface area contributed by atoms with Crippen LogP contribution in [0.15, 0.2) is 63.5 Å². The average Bonchev–Trinajstić information content (AvgIpc) is 3.03. The predicted molar refractivity (Wildman–Crippen MR) is 124 cm³/mol. The topological polar surface area (TPSA) is 60.7 Å². The van der Waals surface area contributed by atoms with Crippen LogP contribution in [-0.2, 0) is 4.79 Å². The van der Waals surface area contributed by atoms with Crippen molar-refractivity contribution >= 4 is 46.4 Å². The first kappa shape index (κ1) is 21.6. The number of hydrogen-bond acceptors (Lipinski definition) is 5. The zero-order chi connectivity index (χ0) is 22.3. The lowest BCUT2D eigenvalue weighted by Gasteiger charge is -2.24. The number of allylic oxidation sites excluding steroid dienone is 2. The predicted octanol–water partition coefficient (Wildman–Crippen LogP) is 4.14. The fraction of sp³-hybridized carbons (Fsp3) is 0.174. The van der Waals surface area contributed by atoms with Crippen molar-refractivity contribution in [3.05, 3.63) is 94.6 Å². The van der Waals surface area contributed by atoms with E-state index in [9.17, 15) is 9.59 Å². The SMILES string of the molecule is COc1ccc([C@@H]2C(C(C)=O)=C(C)N=c3s/c(=C/c4ccc(Cl)cc4Cl)c(=O)n32)cc1. The van der Waals surface area contributed by atoms with Crippen LogP contribution >= 0.6 is 34.5 Å². The highest BCUT2D eigenvalue weighted by Crippen LogP contribution is 2.31. The van der Waals surface area contributed by atoms with Gasteiger partial charge in [-0.25, -0.2) is 4.99 Å². The number of ketones is 1. The van der Waals surface area contributed by atoms with Crippen molar-refractivity contribution in [1.82, 2.24) is 4.57 Å². The van der Waals surface area contributed by atoms with Gasteiger partial charge in [-0.2, -0.15) is 0 Å². The molecule has 0 saturated heterocycles. The number of aromatic nitrogens is 1. The Morgan fingerprint density at radius 1 is 1.19 bits per heavy atom. The Morgan fingerprint density at radius 2 is 1.90 bits per heavy atom. The third-order valence-corrected chi connectivity index (χ3v) is 6.63. The number of nitrogens with zero attached hydrogens (tertiary/aromatic N) is 2. The van der Waals surface area contributed by atoms with Gasteiger partial charge in [0.1, 0.15) is 5.75 Å². The number of halogens is 2. The number of hydrogen-bond donors (Lipinski definition) is 0. The van der Waals surface area contributed by atoms with Gasteiger partial charge in [0.05, 0.1) is 17.7 Å².